The van der Waals surface area contributed by atoms with Crippen molar-refractivity contribution in [1.82, 2.24) is 0 Å². The van der Waals surface area contributed by atoms with Crippen LogP contribution >= 0.6 is 22.7 Å². The van der Waals surface area contributed by atoms with E-state index in [1.807, 2.05) is 12.1 Å². The molecule has 0 radical (unpaired) electrons. The summed E-state index contributed by atoms with van der Waals surface area (Å²) < 4.78 is 20.2. The molecule has 0 aliphatic carbocycles. The van der Waals surface area contributed by atoms with Crippen LogP contribution in [0, 0.1) is 23.7 Å². The number of thiophene rings is 2. The molecule has 0 aromatic carbocycles. The summed E-state index contributed by atoms with van der Waals surface area (Å²) >= 11 is 3.25. The number of hydrogen-bond donors (Lipinski definition) is 0. The van der Waals surface area contributed by atoms with Gasteiger partial charge >= 0.3 is 0 Å². The van der Waals surface area contributed by atoms with Crippen molar-refractivity contribution >= 4 is 22.7 Å². The van der Waals surface area contributed by atoms with Gasteiger partial charge in [-0.05, 0) is 36.1 Å². The summed E-state index contributed by atoms with van der Waals surface area (Å²) in [5, 5.41) is 0. The molecular weight excluding hydrogens is 344 g/mol. The average molecular weight is 362 g/mol. The lowest BCUT2D eigenvalue weighted by Crippen LogP contribution is -2.09. The fraction of sp³-hybridized carbons (Fsp3) is 0.333. The number of hydrogen-bond acceptors (Lipinski definition) is 6. The van der Waals surface area contributed by atoms with Gasteiger partial charge in [0.1, 0.15) is 0 Å². The molecule has 0 saturated heterocycles. The van der Waals surface area contributed by atoms with Crippen LogP contribution in [-0.2, 0) is 18.9 Å². The van der Waals surface area contributed by atoms with Gasteiger partial charge in [-0.3, -0.25) is 0 Å². The van der Waals surface area contributed by atoms with Gasteiger partial charge in [-0.15, -0.1) is 22.7 Å². The van der Waals surface area contributed by atoms with Gasteiger partial charge in [-0.25, -0.2) is 0 Å². The molecule has 4 nitrogen and oxygen atoms in total. The van der Waals surface area contributed by atoms with E-state index in [4.69, 9.17) is 18.9 Å². The van der Waals surface area contributed by atoms with Crippen LogP contribution in [-0.4, -0.2) is 41.0 Å². The summed E-state index contributed by atoms with van der Waals surface area (Å²) in [5.41, 5.74) is 0. The Morgan fingerprint density at radius 1 is 0.667 bits per heavy atom. The summed E-state index contributed by atoms with van der Waals surface area (Å²) in [5.74, 6) is 12.0. The first-order chi connectivity index (χ1) is 11.7. The Bertz CT molecular complexity index is 696. The van der Waals surface area contributed by atoms with Crippen LogP contribution in [0.2, 0.25) is 0 Å². The first-order valence-electron chi connectivity index (χ1n) is 7.04. The van der Waals surface area contributed by atoms with Crippen molar-refractivity contribution < 1.29 is 18.9 Å². The molecule has 0 aliphatic rings. The molecule has 0 unspecified atom stereocenters. The highest BCUT2D eigenvalue weighted by atomic mass is 32.1. The zero-order valence-corrected chi connectivity index (χ0v) is 15.5. The summed E-state index contributed by atoms with van der Waals surface area (Å²) in [6.45, 7) is 0. The molecule has 6 heteroatoms. The second-order valence-corrected chi connectivity index (χ2v) is 6.64. The van der Waals surface area contributed by atoms with Crippen LogP contribution in [0.15, 0.2) is 24.3 Å². The molecule has 0 amide bonds. The Morgan fingerprint density at radius 2 is 1.04 bits per heavy atom. The van der Waals surface area contributed by atoms with Crippen molar-refractivity contribution in [3.05, 3.63) is 34.0 Å². The molecule has 2 aromatic heterocycles. The maximum atomic E-state index is 5.06. The second-order valence-electron chi connectivity index (χ2n) is 4.47. The third-order valence-corrected chi connectivity index (χ3v) is 5.13. The lowest BCUT2D eigenvalue weighted by Gasteiger charge is -2.03. The van der Waals surface area contributed by atoms with Crippen LogP contribution in [0.4, 0.5) is 0 Å². The van der Waals surface area contributed by atoms with Crippen LogP contribution in [0.5, 0.6) is 0 Å². The van der Waals surface area contributed by atoms with E-state index >= 15 is 0 Å². The fourth-order valence-electron chi connectivity index (χ4n) is 1.76. The van der Waals surface area contributed by atoms with Gasteiger partial charge in [-0.2, -0.15) is 0 Å². The molecule has 0 N–H and O–H groups in total. The van der Waals surface area contributed by atoms with Crippen molar-refractivity contribution in [3.8, 4) is 33.4 Å². The average Bonchev–Trinajstić information content (AvgIpc) is 3.26. The first kappa shape index (κ1) is 18.7. The highest BCUT2D eigenvalue weighted by Gasteiger charge is 2.06. The second kappa shape index (κ2) is 9.61. The lowest BCUT2D eigenvalue weighted by molar-refractivity contribution is -0.0596. The van der Waals surface area contributed by atoms with Gasteiger partial charge in [0.15, 0.2) is 0 Å². The molecule has 2 aromatic rings. The standard InChI is InChI=1S/C18H18O4S2/c1-19-17(20-2)11-7-13-5-9-15(23-13)16-10-6-14(24-16)8-12-18(21-3)22-4/h5-6,9-10,17-18H,1-4H3. The number of methoxy groups -OCH3 is 4. The molecule has 0 aliphatic heterocycles. The van der Waals surface area contributed by atoms with Crippen molar-refractivity contribution in [2.75, 3.05) is 28.4 Å². The minimum Gasteiger partial charge on any atom is -0.345 e. The van der Waals surface area contributed by atoms with Crippen molar-refractivity contribution in [1.29, 1.82) is 0 Å². The third kappa shape index (κ3) is 5.19. The minimum atomic E-state index is -0.506. The summed E-state index contributed by atoms with van der Waals surface area (Å²) in [6, 6.07) is 8.09. The predicted molar refractivity (Wildman–Crippen MR) is 97.0 cm³/mol. The van der Waals surface area contributed by atoms with E-state index in [-0.39, 0.29) is 0 Å². The van der Waals surface area contributed by atoms with Gasteiger partial charge in [0.25, 0.3) is 0 Å². The molecule has 2 heterocycles. The maximum absolute atomic E-state index is 5.06. The van der Waals surface area contributed by atoms with Crippen molar-refractivity contribution in [2.24, 2.45) is 0 Å². The Balaban J connectivity index is 2.11. The molecule has 24 heavy (non-hydrogen) atoms. The highest BCUT2D eigenvalue weighted by molar-refractivity contribution is 7.22. The Morgan fingerprint density at radius 3 is 1.38 bits per heavy atom. The largest absolute Gasteiger partial charge is 0.345 e. The van der Waals surface area contributed by atoms with Crippen LogP contribution in [0.1, 0.15) is 9.75 Å². The van der Waals surface area contributed by atoms with Crippen LogP contribution in [0.25, 0.3) is 9.75 Å². The van der Waals surface area contributed by atoms with Crippen molar-refractivity contribution in [2.45, 2.75) is 12.6 Å². The zero-order valence-electron chi connectivity index (χ0n) is 13.9. The van der Waals surface area contributed by atoms with E-state index in [0.717, 1.165) is 19.5 Å². The Kier molecular flexibility index (Phi) is 7.48. The van der Waals surface area contributed by atoms with E-state index in [0.29, 0.717) is 0 Å². The molecule has 126 valence electrons. The smallest absolute Gasteiger partial charge is 0.222 e. The lowest BCUT2D eigenvalue weighted by atomic mass is 10.3. The fourth-order valence-corrected chi connectivity index (χ4v) is 3.59. The summed E-state index contributed by atoms with van der Waals surface area (Å²) in [7, 11) is 6.26. The van der Waals surface area contributed by atoms with E-state index in [1.54, 1.807) is 51.1 Å². The van der Waals surface area contributed by atoms with E-state index < -0.39 is 12.6 Å². The van der Waals surface area contributed by atoms with Gasteiger partial charge in [0, 0.05) is 38.2 Å². The van der Waals surface area contributed by atoms with E-state index in [9.17, 15) is 0 Å². The Hall–Kier alpha value is -1.64. The minimum absolute atomic E-state index is 0.506. The topological polar surface area (TPSA) is 36.9 Å². The molecule has 2 rings (SSSR count). The van der Waals surface area contributed by atoms with Crippen LogP contribution in [0.3, 0.4) is 0 Å². The molecule has 0 atom stereocenters. The quantitative estimate of drug-likeness (QED) is 0.603. The summed E-state index contributed by atoms with van der Waals surface area (Å²) in [6.07, 6.45) is -1.01. The Labute approximate surface area is 150 Å². The summed E-state index contributed by atoms with van der Waals surface area (Å²) in [4.78, 5) is 4.23. The molecule has 0 bridgehead atoms. The molecule has 0 fully saturated rings. The molecule has 0 saturated carbocycles. The molecular formula is C18H18O4S2. The number of ether oxygens (including phenoxy) is 4. The van der Waals surface area contributed by atoms with Gasteiger partial charge in [-0.1, -0.05) is 11.8 Å². The van der Waals surface area contributed by atoms with Crippen LogP contribution < -0.4 is 0 Å². The van der Waals surface area contributed by atoms with Gasteiger partial charge in [0.05, 0.1) is 9.75 Å². The van der Waals surface area contributed by atoms with Crippen molar-refractivity contribution in [3.63, 3.8) is 0 Å². The highest BCUT2D eigenvalue weighted by Crippen LogP contribution is 2.33. The van der Waals surface area contributed by atoms with Gasteiger partial charge < -0.3 is 18.9 Å². The molecule has 0 spiro atoms. The van der Waals surface area contributed by atoms with Gasteiger partial charge in [0.2, 0.25) is 12.6 Å². The van der Waals surface area contributed by atoms with E-state index in [1.165, 1.54) is 0 Å². The predicted octanol–water partition coefficient (Wildman–Crippen LogP) is 3.42. The number of rotatable bonds is 5. The third-order valence-electron chi connectivity index (χ3n) is 2.94. The van der Waals surface area contributed by atoms with E-state index in [2.05, 4.69) is 35.8 Å². The zero-order chi connectivity index (χ0) is 17.4. The SMILES string of the molecule is COC(C#Cc1ccc(-c2ccc(C#CC(OC)OC)s2)s1)OC. The monoisotopic (exact) mass is 362 g/mol. The normalized spacial score (nSPS) is 10.4. The maximum Gasteiger partial charge on any atom is 0.222 e. The first-order valence-corrected chi connectivity index (χ1v) is 8.67.